The Hall–Kier alpha value is -1.63. The predicted molar refractivity (Wildman–Crippen MR) is 120 cm³/mol. The number of aliphatic imine (C=N–C) groups is 1. The second-order valence-corrected chi connectivity index (χ2v) is 10.0. The third-order valence-corrected chi connectivity index (χ3v) is 7.25. The molecule has 1 atom stereocenters. The van der Waals surface area contributed by atoms with Crippen LogP contribution in [0.3, 0.4) is 0 Å². The molecule has 2 heterocycles. The topological polar surface area (TPSA) is 55.5 Å². The van der Waals surface area contributed by atoms with E-state index in [9.17, 15) is 4.79 Å². The first-order valence-electron chi connectivity index (χ1n) is 8.73. The molecule has 1 aliphatic heterocycles. The van der Waals surface area contributed by atoms with Gasteiger partial charge in [0, 0.05) is 21.3 Å². The van der Waals surface area contributed by atoms with Crippen molar-refractivity contribution in [3.05, 3.63) is 69.0 Å². The number of carbonyl (C=O) groups excluding carboxylic acids is 1. The minimum absolute atomic E-state index is 0.146. The van der Waals surface area contributed by atoms with E-state index in [1.807, 2.05) is 30.3 Å². The van der Waals surface area contributed by atoms with Gasteiger partial charge in [-0.1, -0.05) is 52.0 Å². The number of thiophene rings is 1. The van der Waals surface area contributed by atoms with E-state index >= 15 is 0 Å². The fourth-order valence-electron chi connectivity index (χ4n) is 3.35. The molecule has 4 rings (SSSR count). The number of Topliss-reactive ketones (excluding diaryl/α,β-unsaturated/α-hetero) is 1. The van der Waals surface area contributed by atoms with Crippen molar-refractivity contribution in [3.63, 3.8) is 0 Å². The van der Waals surface area contributed by atoms with Crippen molar-refractivity contribution in [1.82, 2.24) is 0 Å². The molecular weight excluding hydrogens is 440 g/mol. The van der Waals surface area contributed by atoms with Crippen LogP contribution in [-0.4, -0.2) is 16.7 Å². The highest BCUT2D eigenvalue weighted by atomic mass is 79.9. The number of hydrogen-bond acceptors (Lipinski definition) is 5. The van der Waals surface area contributed by atoms with E-state index in [1.54, 1.807) is 23.1 Å². The number of amidine groups is 1. The molecule has 0 saturated heterocycles. The van der Waals surface area contributed by atoms with E-state index in [0.29, 0.717) is 11.6 Å². The van der Waals surface area contributed by atoms with Gasteiger partial charge in [0.25, 0.3) is 0 Å². The molecular formula is C21H19BrN2OS2. The van der Waals surface area contributed by atoms with Gasteiger partial charge in [0.1, 0.15) is 0 Å². The van der Waals surface area contributed by atoms with Crippen LogP contribution in [0.5, 0.6) is 0 Å². The molecule has 0 amide bonds. The van der Waals surface area contributed by atoms with Gasteiger partial charge in [-0.3, -0.25) is 9.79 Å². The van der Waals surface area contributed by atoms with Crippen molar-refractivity contribution in [1.29, 1.82) is 0 Å². The van der Waals surface area contributed by atoms with Crippen LogP contribution in [0, 0.1) is 0 Å². The Morgan fingerprint density at radius 1 is 1.26 bits per heavy atom. The maximum absolute atomic E-state index is 12.9. The molecule has 3 aromatic rings. The monoisotopic (exact) mass is 458 g/mol. The molecule has 138 valence electrons. The van der Waals surface area contributed by atoms with E-state index in [1.165, 1.54) is 0 Å². The fourth-order valence-corrected chi connectivity index (χ4v) is 5.87. The maximum Gasteiger partial charge on any atom is 0.177 e. The zero-order valence-corrected chi connectivity index (χ0v) is 18.1. The summed E-state index contributed by atoms with van der Waals surface area (Å²) in [5.41, 5.74) is 7.72. The Kier molecular flexibility index (Phi) is 5.14. The normalized spacial score (nSPS) is 19.9. The Balaban J connectivity index is 1.63. The average Bonchev–Trinajstić information content (AvgIpc) is 3.05. The van der Waals surface area contributed by atoms with Crippen LogP contribution in [0.4, 0.5) is 0 Å². The summed E-state index contributed by atoms with van der Waals surface area (Å²) in [7, 11) is 0. The van der Waals surface area contributed by atoms with Crippen LogP contribution in [0.15, 0.2) is 58.0 Å². The molecule has 0 spiro atoms. The number of nitrogens with two attached hydrogens (primary N) is 1. The van der Waals surface area contributed by atoms with Gasteiger partial charge in [0.15, 0.2) is 11.0 Å². The van der Waals surface area contributed by atoms with Gasteiger partial charge >= 0.3 is 0 Å². The van der Waals surface area contributed by atoms with Gasteiger partial charge in [-0.2, -0.15) is 0 Å². The number of fused-ring (bicyclic) bond motifs is 1. The number of hydrogen-bond donors (Lipinski definition) is 1. The van der Waals surface area contributed by atoms with E-state index in [0.717, 1.165) is 42.7 Å². The third-order valence-electron chi connectivity index (χ3n) is 4.84. The predicted octanol–water partition coefficient (Wildman–Crippen LogP) is 5.76. The molecule has 1 aliphatic rings. The number of rotatable bonds is 4. The second kappa shape index (κ2) is 7.41. The van der Waals surface area contributed by atoms with Crippen molar-refractivity contribution >= 4 is 60.1 Å². The van der Waals surface area contributed by atoms with Gasteiger partial charge in [0.05, 0.1) is 10.4 Å². The number of ketones is 1. The SMILES string of the molecule is CC1(c2cc(Br)cc(CC(=O)c3cc4ccccc4s3)c2)CCSC(N)=N1. The summed E-state index contributed by atoms with van der Waals surface area (Å²) in [4.78, 5) is 18.4. The van der Waals surface area contributed by atoms with Crippen LogP contribution in [0.1, 0.15) is 34.1 Å². The molecule has 1 aromatic heterocycles. The highest BCUT2D eigenvalue weighted by Crippen LogP contribution is 2.37. The van der Waals surface area contributed by atoms with Crippen LogP contribution in [-0.2, 0) is 12.0 Å². The summed E-state index contributed by atoms with van der Waals surface area (Å²) in [5.74, 6) is 1.10. The molecule has 2 N–H and O–H groups in total. The minimum atomic E-state index is -0.339. The zero-order valence-electron chi connectivity index (χ0n) is 14.9. The molecule has 3 nitrogen and oxygen atoms in total. The summed E-state index contributed by atoms with van der Waals surface area (Å²) < 4.78 is 2.11. The Morgan fingerprint density at radius 2 is 2.07 bits per heavy atom. The lowest BCUT2D eigenvalue weighted by Crippen LogP contribution is -2.28. The number of halogens is 1. The number of benzene rings is 2. The van der Waals surface area contributed by atoms with Crippen LogP contribution >= 0.6 is 39.0 Å². The quantitative estimate of drug-likeness (QED) is 0.505. The van der Waals surface area contributed by atoms with E-state index in [2.05, 4.69) is 46.0 Å². The lowest BCUT2D eigenvalue weighted by molar-refractivity contribution is 0.0997. The fraction of sp³-hybridized carbons (Fsp3) is 0.238. The molecule has 0 radical (unpaired) electrons. The zero-order chi connectivity index (χ0) is 19.0. The first-order valence-corrected chi connectivity index (χ1v) is 11.3. The van der Waals surface area contributed by atoms with Crippen molar-refractivity contribution in [2.45, 2.75) is 25.3 Å². The van der Waals surface area contributed by atoms with Gasteiger partial charge in [-0.05, 0) is 54.1 Å². The van der Waals surface area contributed by atoms with E-state index in [4.69, 9.17) is 5.73 Å². The molecule has 0 fully saturated rings. The van der Waals surface area contributed by atoms with Crippen LogP contribution in [0.2, 0.25) is 0 Å². The number of thioether (sulfide) groups is 1. The highest BCUT2D eigenvalue weighted by Gasteiger charge is 2.30. The van der Waals surface area contributed by atoms with Crippen molar-refractivity contribution in [3.8, 4) is 0 Å². The summed E-state index contributed by atoms with van der Waals surface area (Å²) in [6, 6.07) is 16.3. The molecule has 27 heavy (non-hydrogen) atoms. The molecule has 0 aliphatic carbocycles. The number of carbonyl (C=O) groups is 1. The minimum Gasteiger partial charge on any atom is -0.379 e. The first kappa shape index (κ1) is 18.7. The molecule has 0 saturated carbocycles. The largest absolute Gasteiger partial charge is 0.379 e. The first-order chi connectivity index (χ1) is 12.9. The summed E-state index contributed by atoms with van der Waals surface area (Å²) in [6.07, 6.45) is 1.31. The van der Waals surface area contributed by atoms with E-state index in [-0.39, 0.29) is 11.3 Å². The Bertz CT molecular complexity index is 1030. The smallest absolute Gasteiger partial charge is 0.177 e. The van der Waals surface area contributed by atoms with Gasteiger partial charge in [-0.25, -0.2) is 0 Å². The van der Waals surface area contributed by atoms with Gasteiger partial charge < -0.3 is 5.73 Å². The summed E-state index contributed by atoms with van der Waals surface area (Å²) in [6.45, 7) is 2.11. The molecule has 6 heteroatoms. The molecule has 1 unspecified atom stereocenters. The van der Waals surface area contributed by atoms with Crippen molar-refractivity contribution < 1.29 is 4.79 Å². The van der Waals surface area contributed by atoms with Gasteiger partial charge in [0.2, 0.25) is 0 Å². The second-order valence-electron chi connectivity index (χ2n) is 6.92. The average molecular weight is 459 g/mol. The van der Waals surface area contributed by atoms with Gasteiger partial charge in [-0.15, -0.1) is 11.3 Å². The van der Waals surface area contributed by atoms with Crippen LogP contribution in [0.25, 0.3) is 10.1 Å². The number of nitrogens with zero attached hydrogens (tertiary/aromatic N) is 1. The Morgan fingerprint density at radius 3 is 2.85 bits per heavy atom. The molecule has 0 bridgehead atoms. The molecule has 2 aromatic carbocycles. The Labute approximate surface area is 175 Å². The van der Waals surface area contributed by atoms with Crippen molar-refractivity contribution in [2.24, 2.45) is 10.7 Å². The third kappa shape index (κ3) is 3.98. The standard InChI is InChI=1S/C21H19BrN2OS2/c1-21(6-7-26-20(23)24-21)15-8-13(9-16(22)12-15)10-17(25)19-11-14-4-2-3-5-18(14)27-19/h2-5,8-9,11-12H,6-7,10H2,1H3,(H2,23,24). The summed E-state index contributed by atoms with van der Waals surface area (Å²) in [5, 5.41) is 1.75. The lowest BCUT2D eigenvalue weighted by Gasteiger charge is -2.30. The van der Waals surface area contributed by atoms with Crippen molar-refractivity contribution in [2.75, 3.05) is 5.75 Å². The lowest BCUT2D eigenvalue weighted by atomic mass is 9.88. The highest BCUT2D eigenvalue weighted by molar-refractivity contribution is 9.10. The van der Waals surface area contributed by atoms with E-state index < -0.39 is 0 Å². The van der Waals surface area contributed by atoms with Crippen LogP contribution < -0.4 is 5.73 Å². The summed E-state index contributed by atoms with van der Waals surface area (Å²) >= 11 is 6.75. The maximum atomic E-state index is 12.9.